The second-order valence-electron chi connectivity index (χ2n) is 11.0. The van der Waals surface area contributed by atoms with Crippen molar-refractivity contribution in [3.05, 3.63) is 0 Å². The van der Waals surface area contributed by atoms with Crippen LogP contribution in [-0.2, 0) is 14.3 Å². The summed E-state index contributed by atoms with van der Waals surface area (Å²) in [7, 11) is 0. The number of hydrogen-bond donors (Lipinski definition) is 2. The number of hydrogen-bond acceptors (Lipinski definition) is 4. The summed E-state index contributed by atoms with van der Waals surface area (Å²) in [5.74, 6) is -0.408. The predicted molar refractivity (Wildman–Crippen MR) is 122 cm³/mol. The number of likely N-dealkylation sites (tertiary alicyclic amines) is 1. The van der Waals surface area contributed by atoms with Crippen LogP contribution in [0.1, 0.15) is 97.8 Å². The minimum absolute atomic E-state index is 0.0330. The van der Waals surface area contributed by atoms with Crippen LogP contribution in [0.5, 0.6) is 0 Å². The van der Waals surface area contributed by atoms with E-state index in [0.29, 0.717) is 31.2 Å². The summed E-state index contributed by atoms with van der Waals surface area (Å²) in [5.41, 5.74) is -0.667. The lowest BCUT2D eigenvalue weighted by molar-refractivity contribution is -0.150. The lowest BCUT2D eigenvalue weighted by Crippen LogP contribution is -2.58. The molecule has 3 fully saturated rings. The Morgan fingerprint density at radius 3 is 1.88 bits per heavy atom. The van der Waals surface area contributed by atoms with Crippen molar-refractivity contribution in [1.82, 2.24) is 10.2 Å². The van der Waals surface area contributed by atoms with Gasteiger partial charge in [-0.1, -0.05) is 64.2 Å². The van der Waals surface area contributed by atoms with Crippen molar-refractivity contribution in [3.8, 4) is 0 Å². The Bertz CT molecular complexity index is 644. The largest absolute Gasteiger partial charge is 0.480 e. The number of nitrogens with zero attached hydrogens (tertiary/aromatic N) is 1. The van der Waals surface area contributed by atoms with Crippen LogP contribution in [0.15, 0.2) is 0 Å². The van der Waals surface area contributed by atoms with Gasteiger partial charge < -0.3 is 20.1 Å². The molecule has 2 aliphatic carbocycles. The Hall–Kier alpha value is -1.79. The van der Waals surface area contributed by atoms with Gasteiger partial charge in [0, 0.05) is 6.54 Å². The van der Waals surface area contributed by atoms with Gasteiger partial charge in [0.05, 0.1) is 0 Å². The number of nitrogens with one attached hydrogen (secondary N) is 1. The van der Waals surface area contributed by atoms with Crippen LogP contribution in [0.3, 0.4) is 0 Å². The van der Waals surface area contributed by atoms with Crippen molar-refractivity contribution >= 4 is 18.0 Å². The number of amides is 2. The highest BCUT2D eigenvalue weighted by atomic mass is 16.6. The summed E-state index contributed by atoms with van der Waals surface area (Å²) in [6.07, 6.45) is 11.9. The first-order valence-corrected chi connectivity index (χ1v) is 12.7. The van der Waals surface area contributed by atoms with E-state index in [9.17, 15) is 19.5 Å². The van der Waals surface area contributed by atoms with Crippen LogP contribution < -0.4 is 5.32 Å². The van der Waals surface area contributed by atoms with Crippen LogP contribution in [-0.4, -0.2) is 52.2 Å². The number of carbonyl (C=O) groups excluding carboxylic acids is 2. The predicted octanol–water partition coefficient (Wildman–Crippen LogP) is 4.73. The molecule has 32 heavy (non-hydrogen) atoms. The molecule has 0 aromatic rings. The zero-order valence-electron chi connectivity index (χ0n) is 20.1. The molecule has 2 N–H and O–H groups in total. The third-order valence-corrected chi connectivity index (χ3v) is 7.53. The van der Waals surface area contributed by atoms with E-state index in [1.54, 1.807) is 0 Å². The average Bonchev–Trinajstić information content (AvgIpc) is 3.23. The van der Waals surface area contributed by atoms with Crippen molar-refractivity contribution in [1.29, 1.82) is 0 Å². The van der Waals surface area contributed by atoms with Gasteiger partial charge in [-0.15, -0.1) is 0 Å². The fraction of sp³-hybridized carbons (Fsp3) is 0.880. The summed E-state index contributed by atoms with van der Waals surface area (Å²) in [6, 6.07) is -1.53. The van der Waals surface area contributed by atoms with E-state index in [1.807, 2.05) is 20.8 Å². The first-order chi connectivity index (χ1) is 15.2. The number of ether oxygens (including phenoxy) is 1. The minimum Gasteiger partial charge on any atom is -0.480 e. The van der Waals surface area contributed by atoms with E-state index >= 15 is 0 Å². The van der Waals surface area contributed by atoms with Gasteiger partial charge in [-0.2, -0.15) is 0 Å². The Morgan fingerprint density at radius 2 is 1.41 bits per heavy atom. The molecule has 0 bridgehead atoms. The Balaban J connectivity index is 1.91. The summed E-state index contributed by atoms with van der Waals surface area (Å²) in [4.78, 5) is 40.1. The monoisotopic (exact) mass is 450 g/mol. The second kappa shape index (κ2) is 10.9. The van der Waals surface area contributed by atoms with Gasteiger partial charge in [0.15, 0.2) is 0 Å². The van der Waals surface area contributed by atoms with Crippen molar-refractivity contribution in [2.75, 3.05) is 6.54 Å². The zero-order valence-corrected chi connectivity index (χ0v) is 20.1. The normalized spacial score (nSPS) is 24.4. The molecule has 3 aliphatic rings. The van der Waals surface area contributed by atoms with Crippen molar-refractivity contribution in [3.63, 3.8) is 0 Å². The highest BCUT2D eigenvalue weighted by Crippen LogP contribution is 2.42. The van der Waals surface area contributed by atoms with Crippen LogP contribution >= 0.6 is 0 Å². The van der Waals surface area contributed by atoms with Gasteiger partial charge >= 0.3 is 12.1 Å². The third kappa shape index (κ3) is 6.38. The van der Waals surface area contributed by atoms with Gasteiger partial charge in [-0.3, -0.25) is 4.79 Å². The molecular weight excluding hydrogens is 408 g/mol. The van der Waals surface area contributed by atoms with Gasteiger partial charge in [-0.05, 0) is 51.4 Å². The van der Waals surface area contributed by atoms with Gasteiger partial charge in [0.2, 0.25) is 5.91 Å². The third-order valence-electron chi connectivity index (χ3n) is 7.53. The quantitative estimate of drug-likeness (QED) is 0.610. The summed E-state index contributed by atoms with van der Waals surface area (Å²) < 4.78 is 5.54. The molecule has 7 nitrogen and oxygen atoms in total. The number of carboxylic acid groups (broad SMARTS) is 1. The molecule has 182 valence electrons. The molecule has 1 saturated heterocycles. The van der Waals surface area contributed by atoms with Gasteiger partial charge in [0.25, 0.3) is 0 Å². The smallest absolute Gasteiger partial charge is 0.408 e. The van der Waals surface area contributed by atoms with E-state index in [0.717, 1.165) is 51.4 Å². The SMILES string of the molecule is CC(C)(C)OC(=O)N[C@H](C(=O)N1CCC[C@H]1C(=O)O)C(C1CCCCC1)C1CCCCC1. The Labute approximate surface area is 192 Å². The van der Waals surface area contributed by atoms with E-state index in [2.05, 4.69) is 5.32 Å². The standard InChI is InChI=1S/C25H42N2O5/c1-25(2,3)32-24(31)26-21(22(28)27-16-10-15-19(27)23(29)30)20(17-11-6-4-7-12-17)18-13-8-5-9-14-18/h17-21H,4-16H2,1-3H3,(H,26,31)(H,29,30)/t19-,21-/m0/s1. The fourth-order valence-electron chi connectivity index (χ4n) is 6.19. The Morgan fingerprint density at radius 1 is 0.875 bits per heavy atom. The first-order valence-electron chi connectivity index (χ1n) is 12.7. The highest BCUT2D eigenvalue weighted by Gasteiger charge is 2.45. The maximum atomic E-state index is 13.9. The zero-order chi connectivity index (χ0) is 23.3. The van der Waals surface area contributed by atoms with Crippen molar-refractivity contribution in [2.45, 2.75) is 116 Å². The first kappa shape index (κ1) is 24.8. The van der Waals surface area contributed by atoms with E-state index in [-0.39, 0.29) is 11.8 Å². The van der Waals surface area contributed by atoms with Crippen LogP contribution in [0.25, 0.3) is 0 Å². The van der Waals surface area contributed by atoms with Crippen molar-refractivity contribution in [2.24, 2.45) is 17.8 Å². The topological polar surface area (TPSA) is 95.9 Å². The molecule has 1 aliphatic heterocycles. The second-order valence-corrected chi connectivity index (χ2v) is 11.0. The van der Waals surface area contributed by atoms with Crippen LogP contribution in [0, 0.1) is 17.8 Å². The molecule has 2 saturated carbocycles. The average molecular weight is 451 g/mol. The number of rotatable bonds is 6. The molecule has 2 atom stereocenters. The maximum Gasteiger partial charge on any atom is 0.408 e. The number of alkyl carbamates (subject to hydrolysis) is 1. The molecular formula is C25H42N2O5. The molecule has 0 radical (unpaired) electrons. The van der Waals surface area contributed by atoms with Crippen LogP contribution in [0.2, 0.25) is 0 Å². The van der Waals surface area contributed by atoms with Crippen LogP contribution in [0.4, 0.5) is 4.79 Å². The lowest BCUT2D eigenvalue weighted by atomic mass is 9.66. The lowest BCUT2D eigenvalue weighted by Gasteiger charge is -2.43. The Kier molecular flexibility index (Phi) is 8.45. The molecule has 2 amide bonds. The summed E-state index contributed by atoms with van der Waals surface area (Å²) in [5, 5.41) is 12.6. The minimum atomic E-state index is -0.959. The highest BCUT2D eigenvalue weighted by molar-refractivity contribution is 5.90. The molecule has 1 heterocycles. The molecule has 3 rings (SSSR count). The number of carbonyl (C=O) groups is 3. The summed E-state index contributed by atoms with van der Waals surface area (Å²) >= 11 is 0. The number of aliphatic carboxylic acids is 1. The fourth-order valence-corrected chi connectivity index (χ4v) is 6.19. The number of carboxylic acids is 1. The molecule has 0 unspecified atom stereocenters. The van der Waals surface area contributed by atoms with Gasteiger partial charge in [0.1, 0.15) is 17.7 Å². The molecule has 7 heteroatoms. The molecule has 0 aromatic heterocycles. The van der Waals surface area contributed by atoms with E-state index < -0.39 is 29.7 Å². The van der Waals surface area contributed by atoms with Crippen molar-refractivity contribution < 1.29 is 24.2 Å². The summed E-state index contributed by atoms with van der Waals surface area (Å²) in [6.45, 7) is 5.86. The maximum absolute atomic E-state index is 13.9. The van der Waals surface area contributed by atoms with E-state index in [1.165, 1.54) is 17.7 Å². The molecule has 0 aromatic carbocycles. The molecule has 0 spiro atoms. The van der Waals surface area contributed by atoms with E-state index in [4.69, 9.17) is 4.74 Å². The van der Waals surface area contributed by atoms with Gasteiger partial charge in [-0.25, -0.2) is 9.59 Å².